The summed E-state index contributed by atoms with van der Waals surface area (Å²) < 4.78 is 0. The van der Waals surface area contributed by atoms with Crippen molar-refractivity contribution in [3.63, 3.8) is 0 Å². The SMILES string of the molecule is CC(NC(=O)NCC1CC=CCC1)c1nc(C(=O)O)cs1. The Morgan fingerprint density at radius 2 is 2.33 bits per heavy atom. The van der Waals surface area contributed by atoms with E-state index in [0.717, 1.165) is 19.3 Å². The maximum atomic E-state index is 11.8. The second-order valence-electron chi connectivity index (χ2n) is 5.10. The van der Waals surface area contributed by atoms with Crippen LogP contribution in [0.3, 0.4) is 0 Å². The van der Waals surface area contributed by atoms with Crippen LogP contribution < -0.4 is 10.6 Å². The van der Waals surface area contributed by atoms with Crippen molar-refractivity contribution >= 4 is 23.3 Å². The molecule has 0 saturated heterocycles. The van der Waals surface area contributed by atoms with Crippen LogP contribution >= 0.6 is 11.3 Å². The second kappa shape index (κ2) is 7.21. The number of nitrogens with zero attached hydrogens (tertiary/aromatic N) is 1. The van der Waals surface area contributed by atoms with Crippen LogP contribution in [-0.4, -0.2) is 28.6 Å². The monoisotopic (exact) mass is 309 g/mol. The molecule has 0 radical (unpaired) electrons. The first-order valence-electron chi connectivity index (χ1n) is 6.94. The first-order valence-corrected chi connectivity index (χ1v) is 7.82. The summed E-state index contributed by atoms with van der Waals surface area (Å²) in [6.07, 6.45) is 7.49. The lowest BCUT2D eigenvalue weighted by Gasteiger charge is -2.19. The molecule has 1 aliphatic carbocycles. The molecule has 2 unspecified atom stereocenters. The highest BCUT2D eigenvalue weighted by Gasteiger charge is 2.17. The molecule has 7 heteroatoms. The molecule has 0 spiro atoms. The van der Waals surface area contributed by atoms with Crippen LogP contribution in [0.15, 0.2) is 17.5 Å². The third-order valence-corrected chi connectivity index (χ3v) is 4.42. The topological polar surface area (TPSA) is 91.3 Å². The number of carbonyl (C=O) groups excluding carboxylic acids is 1. The van der Waals surface area contributed by atoms with E-state index in [2.05, 4.69) is 27.8 Å². The highest BCUT2D eigenvalue weighted by Crippen LogP contribution is 2.18. The van der Waals surface area contributed by atoms with E-state index >= 15 is 0 Å². The number of aromatic nitrogens is 1. The molecule has 0 fully saturated rings. The van der Waals surface area contributed by atoms with Crippen LogP contribution in [0.25, 0.3) is 0 Å². The number of rotatable bonds is 5. The molecule has 0 bridgehead atoms. The van der Waals surface area contributed by atoms with Gasteiger partial charge in [0, 0.05) is 11.9 Å². The van der Waals surface area contributed by atoms with E-state index in [1.54, 1.807) is 6.92 Å². The number of hydrogen-bond acceptors (Lipinski definition) is 4. The molecule has 0 saturated carbocycles. The van der Waals surface area contributed by atoms with E-state index in [1.165, 1.54) is 16.7 Å². The van der Waals surface area contributed by atoms with Crippen molar-refractivity contribution in [3.8, 4) is 0 Å². The molecule has 1 heterocycles. The van der Waals surface area contributed by atoms with Crippen LogP contribution in [-0.2, 0) is 0 Å². The van der Waals surface area contributed by atoms with Crippen LogP contribution in [0.1, 0.15) is 47.7 Å². The third kappa shape index (κ3) is 4.56. The zero-order chi connectivity index (χ0) is 15.2. The summed E-state index contributed by atoms with van der Waals surface area (Å²) in [5, 5.41) is 16.5. The fourth-order valence-electron chi connectivity index (χ4n) is 2.17. The number of amides is 2. The van der Waals surface area contributed by atoms with Crippen molar-refractivity contribution in [2.75, 3.05) is 6.54 Å². The molecule has 6 nitrogen and oxygen atoms in total. The third-order valence-electron chi connectivity index (χ3n) is 3.39. The van der Waals surface area contributed by atoms with Gasteiger partial charge in [0.15, 0.2) is 5.69 Å². The highest BCUT2D eigenvalue weighted by atomic mass is 32.1. The minimum atomic E-state index is -1.06. The number of thiazole rings is 1. The normalized spacial score (nSPS) is 19.0. The lowest BCUT2D eigenvalue weighted by atomic mass is 9.94. The number of carboxylic acid groups (broad SMARTS) is 1. The predicted molar refractivity (Wildman–Crippen MR) is 80.5 cm³/mol. The molecular formula is C14H19N3O3S. The van der Waals surface area contributed by atoms with Crippen molar-refractivity contribution in [1.29, 1.82) is 0 Å². The fourth-order valence-corrected chi connectivity index (χ4v) is 2.97. The number of aromatic carboxylic acids is 1. The summed E-state index contributed by atoms with van der Waals surface area (Å²) in [5.74, 6) is -0.561. The standard InChI is InChI=1S/C14H19N3O3S/c1-9(12-17-11(8-21-12)13(18)19)16-14(20)15-7-10-5-3-2-4-6-10/h2-3,8-10H,4-7H2,1H3,(H,18,19)(H2,15,16,20). The van der Waals surface area contributed by atoms with E-state index < -0.39 is 5.97 Å². The molecule has 2 amide bonds. The number of nitrogens with one attached hydrogen (secondary N) is 2. The van der Waals surface area contributed by atoms with Crippen LogP contribution in [0.4, 0.5) is 4.79 Å². The van der Waals surface area contributed by atoms with Gasteiger partial charge in [0.25, 0.3) is 0 Å². The molecular weight excluding hydrogens is 290 g/mol. The first kappa shape index (κ1) is 15.5. The minimum absolute atomic E-state index is 0.0121. The second-order valence-corrected chi connectivity index (χ2v) is 5.99. The lowest BCUT2D eigenvalue weighted by Crippen LogP contribution is -2.39. The molecule has 0 aromatic carbocycles. The molecule has 1 aliphatic rings. The number of urea groups is 1. The average molecular weight is 309 g/mol. The quantitative estimate of drug-likeness (QED) is 0.729. The molecule has 2 rings (SSSR count). The van der Waals surface area contributed by atoms with Crippen molar-refractivity contribution in [3.05, 3.63) is 28.2 Å². The molecule has 0 aliphatic heterocycles. The molecule has 2 atom stereocenters. The van der Waals surface area contributed by atoms with E-state index in [-0.39, 0.29) is 17.8 Å². The summed E-state index contributed by atoms with van der Waals surface area (Å²) in [6.45, 7) is 2.44. The molecule has 1 aromatic heterocycles. The van der Waals surface area contributed by atoms with Gasteiger partial charge in [0.2, 0.25) is 0 Å². The lowest BCUT2D eigenvalue weighted by molar-refractivity contribution is 0.0691. The Bertz CT molecular complexity index is 541. The Labute approximate surface area is 127 Å². The van der Waals surface area contributed by atoms with E-state index in [1.807, 2.05) is 0 Å². The van der Waals surface area contributed by atoms with Gasteiger partial charge in [-0.15, -0.1) is 11.3 Å². The van der Waals surface area contributed by atoms with Crippen LogP contribution in [0.5, 0.6) is 0 Å². The van der Waals surface area contributed by atoms with Crippen LogP contribution in [0, 0.1) is 5.92 Å². The Balaban J connectivity index is 1.78. The molecule has 114 valence electrons. The number of carboxylic acids is 1. The Morgan fingerprint density at radius 3 is 2.95 bits per heavy atom. The summed E-state index contributed by atoms with van der Waals surface area (Å²) in [5.41, 5.74) is 0.0121. The molecule has 21 heavy (non-hydrogen) atoms. The van der Waals surface area contributed by atoms with Gasteiger partial charge in [0.05, 0.1) is 6.04 Å². The van der Waals surface area contributed by atoms with E-state index in [0.29, 0.717) is 17.5 Å². The fraction of sp³-hybridized carbons (Fsp3) is 0.500. The molecule has 1 aromatic rings. The van der Waals surface area contributed by atoms with Gasteiger partial charge in [-0.05, 0) is 32.1 Å². The van der Waals surface area contributed by atoms with Gasteiger partial charge < -0.3 is 15.7 Å². The van der Waals surface area contributed by atoms with Gasteiger partial charge in [-0.25, -0.2) is 14.6 Å². The van der Waals surface area contributed by atoms with Gasteiger partial charge >= 0.3 is 12.0 Å². The Kier molecular flexibility index (Phi) is 5.32. The van der Waals surface area contributed by atoms with Gasteiger partial charge in [-0.2, -0.15) is 0 Å². The highest BCUT2D eigenvalue weighted by molar-refractivity contribution is 7.09. The van der Waals surface area contributed by atoms with Crippen molar-refractivity contribution in [2.45, 2.75) is 32.2 Å². The van der Waals surface area contributed by atoms with Gasteiger partial charge in [-0.1, -0.05) is 12.2 Å². The Morgan fingerprint density at radius 1 is 1.52 bits per heavy atom. The number of allylic oxidation sites excluding steroid dienone is 2. The summed E-state index contributed by atoms with van der Waals surface area (Å²) in [4.78, 5) is 26.6. The first-order chi connectivity index (χ1) is 10.1. The van der Waals surface area contributed by atoms with E-state index in [9.17, 15) is 9.59 Å². The van der Waals surface area contributed by atoms with Crippen molar-refractivity contribution in [1.82, 2.24) is 15.6 Å². The zero-order valence-electron chi connectivity index (χ0n) is 11.8. The molecule has 3 N–H and O–H groups in total. The summed E-state index contributed by atoms with van der Waals surface area (Å²) in [7, 11) is 0. The number of hydrogen-bond donors (Lipinski definition) is 3. The van der Waals surface area contributed by atoms with Gasteiger partial charge in [0.1, 0.15) is 5.01 Å². The zero-order valence-corrected chi connectivity index (χ0v) is 12.7. The maximum absolute atomic E-state index is 11.8. The average Bonchev–Trinajstić information content (AvgIpc) is 2.96. The van der Waals surface area contributed by atoms with Crippen LogP contribution in [0.2, 0.25) is 0 Å². The van der Waals surface area contributed by atoms with Crippen molar-refractivity contribution < 1.29 is 14.7 Å². The summed E-state index contributed by atoms with van der Waals surface area (Å²) >= 11 is 1.23. The minimum Gasteiger partial charge on any atom is -0.476 e. The smallest absolute Gasteiger partial charge is 0.355 e. The van der Waals surface area contributed by atoms with Gasteiger partial charge in [-0.3, -0.25) is 0 Å². The van der Waals surface area contributed by atoms with E-state index in [4.69, 9.17) is 5.11 Å². The predicted octanol–water partition coefficient (Wildman–Crippen LogP) is 2.56. The summed E-state index contributed by atoms with van der Waals surface area (Å²) in [6, 6.07) is -0.557. The maximum Gasteiger partial charge on any atom is 0.355 e. The Hall–Kier alpha value is -1.89. The van der Waals surface area contributed by atoms with Crippen molar-refractivity contribution in [2.24, 2.45) is 5.92 Å². The largest absolute Gasteiger partial charge is 0.476 e. The number of carbonyl (C=O) groups is 2.